The van der Waals surface area contributed by atoms with Gasteiger partial charge in [0.2, 0.25) is 0 Å². The van der Waals surface area contributed by atoms with Gasteiger partial charge in [0.25, 0.3) is 11.5 Å². The number of hydrogen-bond acceptors (Lipinski definition) is 3. The van der Waals surface area contributed by atoms with Crippen molar-refractivity contribution in [3.8, 4) is 5.69 Å². The molecule has 0 aliphatic rings. The van der Waals surface area contributed by atoms with Crippen LogP contribution < -0.4 is 5.56 Å². The van der Waals surface area contributed by atoms with Gasteiger partial charge in [-0.15, -0.1) is 0 Å². The summed E-state index contributed by atoms with van der Waals surface area (Å²) in [5.74, 6) is -0.352. The Morgan fingerprint density at radius 3 is 2.45 bits per heavy atom. The van der Waals surface area contributed by atoms with E-state index in [-0.39, 0.29) is 17.0 Å². The van der Waals surface area contributed by atoms with Crippen LogP contribution in [-0.4, -0.2) is 27.4 Å². The molecule has 0 bridgehead atoms. The Morgan fingerprint density at radius 1 is 1.03 bits per heavy atom. The summed E-state index contributed by atoms with van der Waals surface area (Å²) in [4.78, 5) is 32.9. The number of para-hydroxylation sites is 2. The molecule has 0 spiro atoms. The van der Waals surface area contributed by atoms with Crippen LogP contribution in [0.1, 0.15) is 35.6 Å². The highest BCUT2D eigenvalue weighted by Crippen LogP contribution is 2.26. The zero-order chi connectivity index (χ0) is 22.0. The monoisotopic (exact) mass is 415 g/mol. The summed E-state index contributed by atoms with van der Waals surface area (Å²) >= 11 is 0. The molecule has 1 atom stereocenters. The molecule has 0 saturated carbocycles. The fourth-order valence-electron chi connectivity index (χ4n) is 3.80. The van der Waals surface area contributed by atoms with Gasteiger partial charge in [-0.3, -0.25) is 14.2 Å². The normalized spacial score (nSPS) is 12.0. The van der Waals surface area contributed by atoms with Gasteiger partial charge in [-0.2, -0.15) is 0 Å². The van der Waals surface area contributed by atoms with Crippen molar-refractivity contribution >= 4 is 16.8 Å². The Hall–Kier alpha value is -3.80. The van der Waals surface area contributed by atoms with Gasteiger partial charge in [0.05, 0.1) is 22.6 Å². The highest BCUT2D eigenvalue weighted by molar-refractivity contribution is 5.94. The number of hydrogen-bond donors (Lipinski definition) is 0. The second-order valence-corrected chi connectivity index (χ2v) is 7.31. The number of nitrogens with zero attached hydrogens (tertiary/aromatic N) is 3. The molecule has 1 aromatic heterocycles. The topological polar surface area (TPSA) is 55.2 Å². The lowest BCUT2D eigenvalue weighted by molar-refractivity contribution is 0.0716. The van der Waals surface area contributed by atoms with E-state index in [4.69, 9.17) is 4.98 Å². The van der Waals surface area contributed by atoms with Crippen molar-refractivity contribution in [2.75, 3.05) is 7.05 Å². The molecule has 0 aliphatic carbocycles. The third-order valence-electron chi connectivity index (χ3n) is 5.36. The maximum absolute atomic E-state index is 13.7. The molecule has 0 saturated heterocycles. The molecule has 0 radical (unpaired) electrons. The van der Waals surface area contributed by atoms with E-state index in [0.717, 1.165) is 0 Å². The van der Waals surface area contributed by atoms with Crippen LogP contribution in [0.15, 0.2) is 83.7 Å². The van der Waals surface area contributed by atoms with E-state index < -0.39 is 11.9 Å². The van der Waals surface area contributed by atoms with E-state index in [2.05, 4.69) is 0 Å². The standard InChI is InChI=1S/C25H22FN3O2/c1-3-22(28(2)24(30)17-10-9-11-18(26)16-17)23-27-21-15-8-7-14-20(21)25(31)29(23)19-12-5-4-6-13-19/h4-16,22H,3H2,1-2H3. The Labute approximate surface area is 179 Å². The number of carbonyl (C=O) groups excluding carboxylic acids is 1. The minimum Gasteiger partial charge on any atom is -0.332 e. The number of fused-ring (bicyclic) bond motifs is 1. The van der Waals surface area contributed by atoms with Crippen LogP contribution in [0.3, 0.4) is 0 Å². The van der Waals surface area contributed by atoms with Gasteiger partial charge in [0, 0.05) is 12.6 Å². The third-order valence-corrected chi connectivity index (χ3v) is 5.36. The first-order chi connectivity index (χ1) is 15.0. The lowest BCUT2D eigenvalue weighted by Gasteiger charge is -2.29. The third kappa shape index (κ3) is 3.84. The first-order valence-electron chi connectivity index (χ1n) is 10.1. The number of amides is 1. The van der Waals surface area contributed by atoms with Gasteiger partial charge in [-0.05, 0) is 48.9 Å². The molecule has 4 rings (SSSR count). The largest absolute Gasteiger partial charge is 0.332 e. The molecule has 1 unspecified atom stereocenters. The highest BCUT2D eigenvalue weighted by Gasteiger charge is 2.27. The molecule has 4 aromatic rings. The van der Waals surface area contributed by atoms with Crippen LogP contribution in [0.5, 0.6) is 0 Å². The summed E-state index contributed by atoms with van der Waals surface area (Å²) in [6.07, 6.45) is 0.523. The molecule has 5 nitrogen and oxygen atoms in total. The van der Waals surface area contributed by atoms with Gasteiger partial charge < -0.3 is 4.90 Å². The molecule has 0 fully saturated rings. The first-order valence-corrected chi connectivity index (χ1v) is 10.1. The van der Waals surface area contributed by atoms with E-state index >= 15 is 0 Å². The zero-order valence-electron chi connectivity index (χ0n) is 17.3. The maximum Gasteiger partial charge on any atom is 0.266 e. The Balaban J connectivity index is 1.90. The van der Waals surface area contributed by atoms with E-state index in [1.807, 2.05) is 43.3 Å². The quantitative estimate of drug-likeness (QED) is 0.473. The average Bonchev–Trinajstić information content (AvgIpc) is 2.80. The second-order valence-electron chi connectivity index (χ2n) is 7.31. The molecule has 156 valence electrons. The molecular formula is C25H22FN3O2. The predicted molar refractivity (Wildman–Crippen MR) is 119 cm³/mol. The number of halogens is 1. The van der Waals surface area contributed by atoms with Crippen LogP contribution in [0.4, 0.5) is 4.39 Å². The van der Waals surface area contributed by atoms with Crippen LogP contribution in [0.25, 0.3) is 16.6 Å². The van der Waals surface area contributed by atoms with Gasteiger partial charge in [-0.25, -0.2) is 9.37 Å². The van der Waals surface area contributed by atoms with Crippen LogP contribution in [0, 0.1) is 5.82 Å². The highest BCUT2D eigenvalue weighted by atomic mass is 19.1. The van der Waals surface area contributed by atoms with Gasteiger partial charge in [0.15, 0.2) is 0 Å². The van der Waals surface area contributed by atoms with Gasteiger partial charge in [0.1, 0.15) is 11.6 Å². The van der Waals surface area contributed by atoms with E-state index in [1.165, 1.54) is 23.1 Å². The predicted octanol–water partition coefficient (Wildman–Crippen LogP) is 4.75. The maximum atomic E-state index is 13.7. The summed E-state index contributed by atoms with van der Waals surface area (Å²) < 4.78 is 15.2. The van der Waals surface area contributed by atoms with Gasteiger partial charge >= 0.3 is 0 Å². The fraction of sp³-hybridized carbons (Fsp3) is 0.160. The first kappa shape index (κ1) is 20.5. The van der Waals surface area contributed by atoms with Crippen molar-refractivity contribution in [1.29, 1.82) is 0 Å². The molecular weight excluding hydrogens is 393 g/mol. The van der Waals surface area contributed by atoms with Crippen molar-refractivity contribution < 1.29 is 9.18 Å². The molecule has 6 heteroatoms. The van der Waals surface area contributed by atoms with E-state index in [0.29, 0.717) is 28.8 Å². The molecule has 3 aromatic carbocycles. The number of carbonyl (C=O) groups is 1. The lowest BCUT2D eigenvalue weighted by atomic mass is 10.1. The molecule has 31 heavy (non-hydrogen) atoms. The minimum atomic E-state index is -0.492. The molecule has 1 heterocycles. The van der Waals surface area contributed by atoms with Crippen molar-refractivity contribution in [2.45, 2.75) is 19.4 Å². The van der Waals surface area contributed by atoms with Crippen LogP contribution >= 0.6 is 0 Å². The number of benzene rings is 3. The van der Waals surface area contributed by atoms with Gasteiger partial charge in [-0.1, -0.05) is 43.3 Å². The Morgan fingerprint density at radius 2 is 1.74 bits per heavy atom. The van der Waals surface area contributed by atoms with Crippen molar-refractivity contribution in [3.63, 3.8) is 0 Å². The van der Waals surface area contributed by atoms with Crippen LogP contribution in [0.2, 0.25) is 0 Å². The SMILES string of the molecule is CCC(c1nc2ccccc2c(=O)n1-c1ccccc1)N(C)C(=O)c1cccc(F)c1. The molecule has 0 N–H and O–H groups in total. The fourth-order valence-corrected chi connectivity index (χ4v) is 3.80. The van der Waals surface area contributed by atoms with E-state index in [1.54, 1.807) is 35.9 Å². The van der Waals surface area contributed by atoms with Crippen LogP contribution in [-0.2, 0) is 0 Å². The summed E-state index contributed by atoms with van der Waals surface area (Å²) in [6.45, 7) is 1.93. The molecule has 1 amide bonds. The zero-order valence-corrected chi connectivity index (χ0v) is 17.3. The van der Waals surface area contributed by atoms with E-state index in [9.17, 15) is 14.0 Å². The molecule has 0 aliphatic heterocycles. The second kappa shape index (κ2) is 8.52. The number of aromatic nitrogens is 2. The lowest BCUT2D eigenvalue weighted by Crippen LogP contribution is -2.36. The Kier molecular flexibility index (Phi) is 5.62. The van der Waals surface area contributed by atoms with Crippen molar-refractivity contribution in [1.82, 2.24) is 14.5 Å². The van der Waals surface area contributed by atoms with Crippen molar-refractivity contribution in [3.05, 3.63) is 106 Å². The smallest absolute Gasteiger partial charge is 0.266 e. The summed E-state index contributed by atoms with van der Waals surface area (Å²) in [5, 5.41) is 0.504. The van der Waals surface area contributed by atoms with Crippen molar-refractivity contribution in [2.24, 2.45) is 0 Å². The number of rotatable bonds is 5. The minimum absolute atomic E-state index is 0.197. The summed E-state index contributed by atoms with van der Waals surface area (Å²) in [5.41, 5.74) is 1.29. The summed E-state index contributed by atoms with van der Waals surface area (Å²) in [7, 11) is 1.65. The average molecular weight is 415 g/mol. The Bertz CT molecular complexity index is 1300. The summed E-state index contributed by atoms with van der Waals surface area (Å²) in [6, 6.07) is 21.5.